The van der Waals surface area contributed by atoms with Gasteiger partial charge in [-0.15, -0.1) is 0 Å². The monoisotopic (exact) mass is 270 g/mol. The first-order valence-electron chi connectivity index (χ1n) is 5.49. The van der Waals surface area contributed by atoms with Crippen LogP contribution in [0, 0.1) is 0 Å². The molecule has 0 aromatic rings. The van der Waals surface area contributed by atoms with Crippen LogP contribution in [0.1, 0.15) is 20.3 Å². The first-order valence-corrected chi connectivity index (χ1v) is 5.49. The Morgan fingerprint density at radius 2 is 1.89 bits per heavy atom. The van der Waals surface area contributed by atoms with Gasteiger partial charge in [0, 0.05) is 20.3 Å². The molecule has 0 saturated carbocycles. The number of ether oxygens (including phenoxy) is 3. The Labute approximate surface area is 109 Å². The van der Waals surface area contributed by atoms with Gasteiger partial charge in [-0.1, -0.05) is 0 Å². The zero-order valence-electron chi connectivity index (χ0n) is 10.8. The average Bonchev–Trinajstić information content (AvgIpc) is 2.31. The molecule has 0 spiro atoms. The van der Waals surface area contributed by atoms with E-state index in [9.17, 15) is 19.2 Å². The van der Waals surface area contributed by atoms with Crippen molar-refractivity contribution in [2.45, 2.75) is 32.0 Å². The van der Waals surface area contributed by atoms with Crippen LogP contribution in [0.2, 0.25) is 0 Å². The summed E-state index contributed by atoms with van der Waals surface area (Å²) in [6, 6.07) is 0. The van der Waals surface area contributed by atoms with Crippen molar-refractivity contribution >= 4 is 23.7 Å². The molecule has 7 heteroatoms. The molecule has 0 radical (unpaired) electrons. The lowest BCUT2D eigenvalue weighted by atomic mass is 9.88. The molecule has 0 aromatic carbocycles. The highest BCUT2D eigenvalue weighted by Crippen LogP contribution is 2.28. The summed E-state index contributed by atoms with van der Waals surface area (Å²) in [5, 5.41) is 0. The molecule has 0 unspecified atom stereocenters. The minimum Gasteiger partial charge on any atom is -0.466 e. The molecule has 1 rings (SSSR count). The maximum absolute atomic E-state index is 11.8. The van der Waals surface area contributed by atoms with Gasteiger partial charge < -0.3 is 14.2 Å². The fourth-order valence-corrected chi connectivity index (χ4v) is 1.77. The van der Waals surface area contributed by atoms with Crippen molar-refractivity contribution in [3.63, 3.8) is 0 Å². The minimum atomic E-state index is -1.74. The molecule has 0 heterocycles. The smallest absolute Gasteiger partial charge is 0.354 e. The first kappa shape index (κ1) is 14.9. The molecule has 0 aliphatic heterocycles. The number of esters is 3. The Morgan fingerprint density at radius 3 is 2.37 bits per heavy atom. The summed E-state index contributed by atoms with van der Waals surface area (Å²) in [6.07, 6.45) is 0.703. The van der Waals surface area contributed by atoms with Crippen molar-refractivity contribution in [1.29, 1.82) is 0 Å². The number of ketones is 1. The highest BCUT2D eigenvalue weighted by atomic mass is 16.6. The lowest BCUT2D eigenvalue weighted by molar-refractivity contribution is -0.180. The number of methoxy groups -OCH3 is 1. The SMILES string of the molecule is COC(=O)[C@]1(OC(C)=O)C=CC(=O)[C@H](OC(C)=O)C1. The molecule has 7 nitrogen and oxygen atoms in total. The van der Waals surface area contributed by atoms with E-state index < -0.39 is 35.4 Å². The molecule has 1 aliphatic carbocycles. The molecule has 0 saturated heterocycles. The van der Waals surface area contributed by atoms with Gasteiger partial charge >= 0.3 is 17.9 Å². The van der Waals surface area contributed by atoms with Gasteiger partial charge in [-0.05, 0) is 12.2 Å². The average molecular weight is 270 g/mol. The predicted octanol–water partition coefficient (Wildman–Crippen LogP) is -0.0780. The molecule has 104 valence electrons. The van der Waals surface area contributed by atoms with E-state index in [1.165, 1.54) is 0 Å². The number of hydrogen-bond donors (Lipinski definition) is 0. The molecule has 0 aromatic heterocycles. The number of carbonyl (C=O) groups excluding carboxylic acids is 4. The Hall–Kier alpha value is -2.18. The van der Waals surface area contributed by atoms with Gasteiger partial charge in [-0.2, -0.15) is 0 Å². The standard InChI is InChI=1S/C12H14O7/c1-7(13)18-10-6-12(11(16)17-3,19-8(2)14)5-4-9(10)15/h4-5,10H,6H2,1-3H3/t10-,12+/m1/s1. The Bertz CT molecular complexity index is 451. The van der Waals surface area contributed by atoms with Gasteiger partial charge in [-0.25, -0.2) is 4.79 Å². The number of carbonyl (C=O) groups is 4. The summed E-state index contributed by atoms with van der Waals surface area (Å²) < 4.78 is 14.3. The van der Waals surface area contributed by atoms with Crippen LogP contribution in [-0.4, -0.2) is 42.5 Å². The Balaban J connectivity index is 3.08. The summed E-state index contributed by atoms with van der Waals surface area (Å²) in [4.78, 5) is 45.3. The normalized spacial score (nSPS) is 25.6. The maximum Gasteiger partial charge on any atom is 0.354 e. The minimum absolute atomic E-state index is 0.297. The lowest BCUT2D eigenvalue weighted by Gasteiger charge is -2.32. The number of hydrogen-bond acceptors (Lipinski definition) is 7. The second-order valence-corrected chi connectivity index (χ2v) is 4.01. The van der Waals surface area contributed by atoms with E-state index in [0.717, 1.165) is 33.1 Å². The van der Waals surface area contributed by atoms with Crippen LogP contribution in [0.5, 0.6) is 0 Å². The van der Waals surface area contributed by atoms with E-state index in [-0.39, 0.29) is 6.42 Å². The van der Waals surface area contributed by atoms with Crippen molar-refractivity contribution in [2.24, 2.45) is 0 Å². The van der Waals surface area contributed by atoms with Crippen LogP contribution >= 0.6 is 0 Å². The van der Waals surface area contributed by atoms with E-state index in [1.807, 2.05) is 0 Å². The molecule has 0 bridgehead atoms. The molecule has 0 amide bonds. The van der Waals surface area contributed by atoms with E-state index >= 15 is 0 Å². The fourth-order valence-electron chi connectivity index (χ4n) is 1.77. The van der Waals surface area contributed by atoms with Crippen LogP contribution in [0.15, 0.2) is 12.2 Å². The Kier molecular flexibility index (Phi) is 4.42. The molecular weight excluding hydrogens is 256 g/mol. The summed E-state index contributed by atoms with van der Waals surface area (Å²) >= 11 is 0. The second-order valence-electron chi connectivity index (χ2n) is 4.01. The van der Waals surface area contributed by atoms with E-state index in [0.29, 0.717) is 0 Å². The summed E-state index contributed by atoms with van der Waals surface area (Å²) in [5.74, 6) is -2.72. The molecule has 0 N–H and O–H groups in total. The van der Waals surface area contributed by atoms with Crippen molar-refractivity contribution < 1.29 is 33.4 Å². The molecule has 2 atom stereocenters. The quantitative estimate of drug-likeness (QED) is 0.522. The van der Waals surface area contributed by atoms with Crippen LogP contribution in [0.25, 0.3) is 0 Å². The molecular formula is C12H14O7. The highest BCUT2D eigenvalue weighted by Gasteiger charge is 2.48. The Morgan fingerprint density at radius 1 is 1.26 bits per heavy atom. The van der Waals surface area contributed by atoms with Gasteiger partial charge in [0.1, 0.15) is 0 Å². The van der Waals surface area contributed by atoms with Crippen LogP contribution in [0.4, 0.5) is 0 Å². The predicted molar refractivity (Wildman–Crippen MR) is 60.8 cm³/mol. The third kappa shape index (κ3) is 3.40. The second kappa shape index (κ2) is 5.64. The summed E-state index contributed by atoms with van der Waals surface area (Å²) in [5.41, 5.74) is -1.74. The van der Waals surface area contributed by atoms with Crippen LogP contribution in [-0.2, 0) is 33.4 Å². The van der Waals surface area contributed by atoms with Crippen molar-refractivity contribution in [3.8, 4) is 0 Å². The lowest BCUT2D eigenvalue weighted by Crippen LogP contribution is -2.49. The summed E-state index contributed by atoms with van der Waals surface area (Å²) in [7, 11) is 1.12. The van der Waals surface area contributed by atoms with Gasteiger partial charge in [-0.3, -0.25) is 14.4 Å². The van der Waals surface area contributed by atoms with Crippen molar-refractivity contribution in [1.82, 2.24) is 0 Å². The van der Waals surface area contributed by atoms with Gasteiger partial charge in [0.25, 0.3) is 0 Å². The highest BCUT2D eigenvalue weighted by molar-refractivity contribution is 5.99. The molecule has 1 aliphatic rings. The van der Waals surface area contributed by atoms with E-state index in [1.54, 1.807) is 0 Å². The van der Waals surface area contributed by atoms with Gasteiger partial charge in [0.2, 0.25) is 5.60 Å². The summed E-state index contributed by atoms with van der Waals surface area (Å²) in [6.45, 7) is 2.26. The largest absolute Gasteiger partial charge is 0.466 e. The first-order chi connectivity index (χ1) is 8.80. The zero-order chi connectivity index (χ0) is 14.6. The topological polar surface area (TPSA) is 96.0 Å². The van der Waals surface area contributed by atoms with E-state index in [4.69, 9.17) is 9.47 Å². The van der Waals surface area contributed by atoms with Crippen LogP contribution < -0.4 is 0 Å². The van der Waals surface area contributed by atoms with Gasteiger partial charge in [0.15, 0.2) is 11.9 Å². The molecule has 19 heavy (non-hydrogen) atoms. The van der Waals surface area contributed by atoms with Crippen molar-refractivity contribution in [2.75, 3.05) is 7.11 Å². The van der Waals surface area contributed by atoms with Crippen LogP contribution in [0.3, 0.4) is 0 Å². The third-order valence-electron chi connectivity index (χ3n) is 2.49. The zero-order valence-corrected chi connectivity index (χ0v) is 10.8. The molecule has 0 fully saturated rings. The number of rotatable bonds is 3. The fraction of sp³-hybridized carbons (Fsp3) is 0.500. The van der Waals surface area contributed by atoms with Gasteiger partial charge in [0.05, 0.1) is 7.11 Å². The van der Waals surface area contributed by atoms with E-state index in [2.05, 4.69) is 4.74 Å². The van der Waals surface area contributed by atoms with Crippen molar-refractivity contribution in [3.05, 3.63) is 12.2 Å². The third-order valence-corrected chi connectivity index (χ3v) is 2.49. The maximum atomic E-state index is 11.8.